The van der Waals surface area contributed by atoms with Crippen LogP contribution in [0.5, 0.6) is 0 Å². The highest BCUT2D eigenvalue weighted by Gasteiger charge is 2.20. The third-order valence-electron chi connectivity index (χ3n) is 2.92. The Morgan fingerprint density at radius 1 is 1.72 bits per heavy atom. The fourth-order valence-electron chi connectivity index (χ4n) is 1.97. The molecule has 6 heteroatoms. The van der Waals surface area contributed by atoms with Gasteiger partial charge in [0, 0.05) is 42.1 Å². The van der Waals surface area contributed by atoms with Crippen LogP contribution in [0.1, 0.15) is 30.8 Å². The van der Waals surface area contributed by atoms with Crippen molar-refractivity contribution in [2.45, 2.75) is 31.8 Å². The predicted molar refractivity (Wildman–Crippen MR) is 77.0 cm³/mol. The molecule has 2 unspecified atom stereocenters. The number of rotatable bonds is 5. The minimum Gasteiger partial charge on any atom is -0.347 e. The van der Waals surface area contributed by atoms with Crippen molar-refractivity contribution in [3.05, 3.63) is 16.6 Å². The number of carbonyl (C=O) groups excluding carboxylic acids is 1. The summed E-state index contributed by atoms with van der Waals surface area (Å²) in [4.78, 5) is 16.3. The molecule has 2 heterocycles. The van der Waals surface area contributed by atoms with E-state index in [2.05, 4.69) is 22.5 Å². The highest BCUT2D eigenvalue weighted by atomic mass is 32.2. The predicted octanol–water partition coefficient (Wildman–Crippen LogP) is 1.81. The number of nitrogens with one attached hydrogen (secondary N) is 2. The largest absolute Gasteiger partial charge is 0.347 e. The van der Waals surface area contributed by atoms with Crippen LogP contribution in [0.3, 0.4) is 0 Å². The molecule has 1 fully saturated rings. The monoisotopic (exact) mass is 285 g/mol. The second-order valence-corrected chi connectivity index (χ2v) is 6.40. The van der Waals surface area contributed by atoms with Crippen LogP contribution in [-0.2, 0) is 4.79 Å². The van der Waals surface area contributed by atoms with Gasteiger partial charge >= 0.3 is 0 Å². The summed E-state index contributed by atoms with van der Waals surface area (Å²) in [5, 5.41) is 9.40. The zero-order valence-electron chi connectivity index (χ0n) is 10.5. The Bertz CT molecular complexity index is 363. The second kappa shape index (κ2) is 7.11. The lowest BCUT2D eigenvalue weighted by molar-refractivity contribution is -0.122. The van der Waals surface area contributed by atoms with Gasteiger partial charge in [-0.15, -0.1) is 11.3 Å². The van der Waals surface area contributed by atoms with Gasteiger partial charge in [-0.2, -0.15) is 11.8 Å². The van der Waals surface area contributed by atoms with Crippen LogP contribution in [0, 0.1) is 0 Å². The molecule has 1 aliphatic heterocycles. The van der Waals surface area contributed by atoms with E-state index >= 15 is 0 Å². The van der Waals surface area contributed by atoms with E-state index in [-0.39, 0.29) is 11.9 Å². The molecule has 4 nitrogen and oxygen atoms in total. The fraction of sp³-hybridized carbons (Fsp3) is 0.667. The number of thiazole rings is 1. The molecule has 2 N–H and O–H groups in total. The summed E-state index contributed by atoms with van der Waals surface area (Å²) in [7, 11) is 0. The highest BCUT2D eigenvalue weighted by Crippen LogP contribution is 2.19. The SMILES string of the molecule is CCC(NC(=O)CC1CSCCN1)c1nccs1. The average molecular weight is 285 g/mol. The van der Waals surface area contributed by atoms with Gasteiger partial charge in [0.25, 0.3) is 0 Å². The molecule has 1 saturated heterocycles. The first-order valence-electron chi connectivity index (χ1n) is 6.29. The van der Waals surface area contributed by atoms with Crippen LogP contribution in [0.15, 0.2) is 11.6 Å². The number of hydrogen-bond acceptors (Lipinski definition) is 5. The first kappa shape index (κ1) is 13.8. The number of thioether (sulfide) groups is 1. The molecular formula is C12H19N3OS2. The van der Waals surface area contributed by atoms with Crippen molar-refractivity contribution in [2.24, 2.45) is 0 Å². The van der Waals surface area contributed by atoms with Crippen molar-refractivity contribution >= 4 is 29.0 Å². The quantitative estimate of drug-likeness (QED) is 0.866. The van der Waals surface area contributed by atoms with Gasteiger partial charge in [-0.05, 0) is 6.42 Å². The van der Waals surface area contributed by atoms with Crippen LogP contribution in [0.2, 0.25) is 0 Å². The van der Waals surface area contributed by atoms with Crippen LogP contribution >= 0.6 is 23.1 Å². The maximum atomic E-state index is 12.0. The average Bonchev–Trinajstić information content (AvgIpc) is 2.91. The van der Waals surface area contributed by atoms with E-state index in [1.165, 1.54) is 0 Å². The third kappa shape index (κ3) is 3.96. The molecule has 0 aromatic carbocycles. The van der Waals surface area contributed by atoms with Gasteiger partial charge in [0.05, 0.1) is 6.04 Å². The molecular weight excluding hydrogens is 266 g/mol. The normalized spacial score (nSPS) is 21.5. The van der Waals surface area contributed by atoms with Gasteiger partial charge in [-0.25, -0.2) is 4.98 Å². The Morgan fingerprint density at radius 3 is 3.22 bits per heavy atom. The summed E-state index contributed by atoms with van der Waals surface area (Å²) >= 11 is 3.51. The lowest BCUT2D eigenvalue weighted by Crippen LogP contribution is -2.41. The van der Waals surface area contributed by atoms with Gasteiger partial charge < -0.3 is 10.6 Å². The number of nitrogens with zero attached hydrogens (tertiary/aromatic N) is 1. The number of aromatic nitrogens is 1. The van der Waals surface area contributed by atoms with Crippen molar-refractivity contribution in [2.75, 3.05) is 18.1 Å². The van der Waals surface area contributed by atoms with E-state index in [9.17, 15) is 4.79 Å². The summed E-state index contributed by atoms with van der Waals surface area (Å²) in [6.07, 6.45) is 3.23. The molecule has 0 saturated carbocycles. The molecule has 0 aliphatic carbocycles. The van der Waals surface area contributed by atoms with Crippen molar-refractivity contribution < 1.29 is 4.79 Å². The van der Waals surface area contributed by atoms with Gasteiger partial charge in [-0.3, -0.25) is 4.79 Å². The topological polar surface area (TPSA) is 54.0 Å². The Hall–Kier alpha value is -0.590. The summed E-state index contributed by atoms with van der Waals surface area (Å²) in [5.41, 5.74) is 0. The van der Waals surface area contributed by atoms with E-state index in [0.29, 0.717) is 12.5 Å². The van der Waals surface area contributed by atoms with Gasteiger partial charge in [0.15, 0.2) is 0 Å². The Morgan fingerprint density at radius 2 is 2.61 bits per heavy atom. The molecule has 2 atom stereocenters. The number of carbonyl (C=O) groups is 1. The molecule has 1 aromatic rings. The smallest absolute Gasteiger partial charge is 0.222 e. The first-order valence-corrected chi connectivity index (χ1v) is 8.33. The van der Waals surface area contributed by atoms with E-state index in [0.717, 1.165) is 29.5 Å². The zero-order valence-corrected chi connectivity index (χ0v) is 12.1. The summed E-state index contributed by atoms with van der Waals surface area (Å²) in [6.45, 7) is 3.08. The summed E-state index contributed by atoms with van der Waals surface area (Å²) in [5.74, 6) is 2.30. The zero-order chi connectivity index (χ0) is 12.8. The fourth-order valence-corrected chi connectivity index (χ4v) is 3.69. The van der Waals surface area contributed by atoms with Crippen LogP contribution in [-0.4, -0.2) is 35.0 Å². The highest BCUT2D eigenvalue weighted by molar-refractivity contribution is 7.99. The van der Waals surface area contributed by atoms with E-state index in [1.807, 2.05) is 17.1 Å². The first-order chi connectivity index (χ1) is 8.79. The third-order valence-corrected chi connectivity index (χ3v) is 4.94. The van der Waals surface area contributed by atoms with E-state index in [1.54, 1.807) is 17.5 Å². The van der Waals surface area contributed by atoms with Crippen LogP contribution in [0.25, 0.3) is 0 Å². The van der Waals surface area contributed by atoms with Gasteiger partial charge in [0.2, 0.25) is 5.91 Å². The second-order valence-electron chi connectivity index (χ2n) is 4.33. The van der Waals surface area contributed by atoms with E-state index < -0.39 is 0 Å². The molecule has 0 spiro atoms. The maximum Gasteiger partial charge on any atom is 0.222 e. The maximum absolute atomic E-state index is 12.0. The molecule has 1 amide bonds. The van der Waals surface area contributed by atoms with Crippen molar-refractivity contribution in [3.63, 3.8) is 0 Å². The lowest BCUT2D eigenvalue weighted by Gasteiger charge is -2.23. The molecule has 0 radical (unpaired) electrons. The van der Waals surface area contributed by atoms with E-state index in [4.69, 9.17) is 0 Å². The molecule has 18 heavy (non-hydrogen) atoms. The Kier molecular flexibility index (Phi) is 5.46. The lowest BCUT2D eigenvalue weighted by atomic mass is 10.2. The van der Waals surface area contributed by atoms with Gasteiger partial charge in [-0.1, -0.05) is 6.92 Å². The van der Waals surface area contributed by atoms with Crippen molar-refractivity contribution in [3.8, 4) is 0 Å². The van der Waals surface area contributed by atoms with Gasteiger partial charge in [0.1, 0.15) is 5.01 Å². The molecule has 0 bridgehead atoms. The molecule has 1 aromatic heterocycles. The Labute approximate surface area is 116 Å². The number of hydrogen-bond donors (Lipinski definition) is 2. The minimum atomic E-state index is 0.0637. The summed E-state index contributed by atoms with van der Waals surface area (Å²) in [6, 6.07) is 0.381. The van der Waals surface area contributed by atoms with Crippen LogP contribution < -0.4 is 10.6 Å². The molecule has 100 valence electrons. The standard InChI is InChI=1S/C12H19N3OS2/c1-2-10(12-14-4-6-18-12)15-11(16)7-9-8-17-5-3-13-9/h4,6,9-10,13H,2-3,5,7-8H2,1H3,(H,15,16). The summed E-state index contributed by atoms with van der Waals surface area (Å²) < 4.78 is 0. The molecule has 2 rings (SSSR count). The Balaban J connectivity index is 1.82. The van der Waals surface area contributed by atoms with Crippen molar-refractivity contribution in [1.82, 2.24) is 15.6 Å². The molecule has 1 aliphatic rings. The minimum absolute atomic E-state index is 0.0637. The number of amides is 1. The van der Waals surface area contributed by atoms with Crippen molar-refractivity contribution in [1.29, 1.82) is 0 Å². The van der Waals surface area contributed by atoms with Crippen LogP contribution in [0.4, 0.5) is 0 Å².